The molecule has 1 unspecified atom stereocenters. The summed E-state index contributed by atoms with van der Waals surface area (Å²) in [4.78, 5) is 11.5. The summed E-state index contributed by atoms with van der Waals surface area (Å²) >= 11 is 0. The van der Waals surface area contributed by atoms with E-state index in [1.54, 1.807) is 12.1 Å². The van der Waals surface area contributed by atoms with Gasteiger partial charge in [-0.3, -0.25) is 4.79 Å². The molecule has 18 heavy (non-hydrogen) atoms. The molecule has 0 fully saturated rings. The molecule has 0 aromatic carbocycles. The zero-order valence-corrected chi connectivity index (χ0v) is 10.5. The molecule has 2 N–H and O–H groups in total. The number of carbonyl (C=O) groups is 1. The van der Waals surface area contributed by atoms with Crippen LogP contribution in [-0.4, -0.2) is 28.7 Å². The van der Waals surface area contributed by atoms with Crippen LogP contribution >= 0.6 is 0 Å². The van der Waals surface area contributed by atoms with Crippen molar-refractivity contribution in [3.05, 3.63) is 30.0 Å². The standard InChI is InChI=1S/C13H18N4O/c1-2-14-13(18)11-8-9-12(17-16-11)15-10-6-4-3-5-7-10/h3-4,8-10H,2,5-7H2,1H3,(H,14,18)(H,15,17). The first-order valence-electron chi connectivity index (χ1n) is 6.33. The third kappa shape index (κ3) is 3.29. The Labute approximate surface area is 107 Å². The Balaban J connectivity index is 1.94. The summed E-state index contributed by atoms with van der Waals surface area (Å²) in [6.07, 6.45) is 7.60. The number of hydrogen-bond donors (Lipinski definition) is 2. The Morgan fingerprint density at radius 3 is 2.89 bits per heavy atom. The highest BCUT2D eigenvalue weighted by Gasteiger charge is 2.11. The predicted octanol–water partition coefficient (Wildman–Crippen LogP) is 1.75. The number of hydrogen-bond acceptors (Lipinski definition) is 4. The van der Waals surface area contributed by atoms with Crippen molar-refractivity contribution >= 4 is 11.7 Å². The van der Waals surface area contributed by atoms with Gasteiger partial charge in [0, 0.05) is 12.6 Å². The van der Waals surface area contributed by atoms with Gasteiger partial charge in [0.1, 0.15) is 5.82 Å². The fraction of sp³-hybridized carbons (Fsp3) is 0.462. The maximum atomic E-state index is 11.5. The summed E-state index contributed by atoms with van der Waals surface area (Å²) in [5, 5.41) is 14.0. The van der Waals surface area contributed by atoms with Crippen molar-refractivity contribution in [2.45, 2.75) is 32.2 Å². The van der Waals surface area contributed by atoms with Crippen molar-refractivity contribution in [3.63, 3.8) is 0 Å². The van der Waals surface area contributed by atoms with Crippen LogP contribution in [0.1, 0.15) is 36.7 Å². The van der Waals surface area contributed by atoms with Crippen LogP contribution in [-0.2, 0) is 0 Å². The van der Waals surface area contributed by atoms with E-state index < -0.39 is 0 Å². The van der Waals surface area contributed by atoms with E-state index in [-0.39, 0.29) is 5.91 Å². The third-order valence-electron chi connectivity index (χ3n) is 2.86. The van der Waals surface area contributed by atoms with Gasteiger partial charge in [-0.15, -0.1) is 10.2 Å². The fourth-order valence-corrected chi connectivity index (χ4v) is 1.92. The zero-order valence-electron chi connectivity index (χ0n) is 10.5. The van der Waals surface area contributed by atoms with Gasteiger partial charge in [0.05, 0.1) is 0 Å². The second kappa shape index (κ2) is 6.14. The molecule has 0 spiro atoms. The smallest absolute Gasteiger partial charge is 0.271 e. The van der Waals surface area contributed by atoms with Gasteiger partial charge in [-0.1, -0.05) is 12.2 Å². The van der Waals surface area contributed by atoms with E-state index in [1.807, 2.05) is 6.92 Å². The molecule has 1 aliphatic carbocycles. The minimum absolute atomic E-state index is 0.183. The summed E-state index contributed by atoms with van der Waals surface area (Å²) in [5.74, 6) is 0.542. The number of amides is 1. The number of rotatable bonds is 4. The zero-order chi connectivity index (χ0) is 12.8. The Morgan fingerprint density at radius 2 is 2.28 bits per heavy atom. The molecule has 0 aliphatic heterocycles. The molecule has 0 saturated carbocycles. The van der Waals surface area contributed by atoms with Crippen LogP contribution in [0.2, 0.25) is 0 Å². The number of nitrogens with zero attached hydrogens (tertiary/aromatic N) is 2. The van der Waals surface area contributed by atoms with Crippen LogP contribution in [0, 0.1) is 0 Å². The average Bonchev–Trinajstić information content (AvgIpc) is 2.41. The predicted molar refractivity (Wildman–Crippen MR) is 70.4 cm³/mol. The van der Waals surface area contributed by atoms with Crippen molar-refractivity contribution in [3.8, 4) is 0 Å². The van der Waals surface area contributed by atoms with Crippen molar-refractivity contribution in [2.75, 3.05) is 11.9 Å². The normalized spacial score (nSPS) is 18.4. The Hall–Kier alpha value is -1.91. The van der Waals surface area contributed by atoms with Crippen molar-refractivity contribution in [2.24, 2.45) is 0 Å². The van der Waals surface area contributed by atoms with Gasteiger partial charge in [0.15, 0.2) is 5.69 Å². The highest BCUT2D eigenvalue weighted by molar-refractivity contribution is 5.92. The first-order chi connectivity index (χ1) is 8.79. The van der Waals surface area contributed by atoms with Crippen molar-refractivity contribution < 1.29 is 4.79 Å². The Kier molecular flexibility index (Phi) is 4.28. The molecule has 1 heterocycles. The molecule has 5 nitrogen and oxygen atoms in total. The lowest BCUT2D eigenvalue weighted by Crippen LogP contribution is -2.25. The van der Waals surface area contributed by atoms with Gasteiger partial charge in [0.25, 0.3) is 5.91 Å². The van der Waals surface area contributed by atoms with Crippen LogP contribution in [0.5, 0.6) is 0 Å². The van der Waals surface area contributed by atoms with Gasteiger partial charge in [0.2, 0.25) is 0 Å². The highest BCUT2D eigenvalue weighted by Crippen LogP contribution is 2.15. The lowest BCUT2D eigenvalue weighted by Gasteiger charge is -2.19. The molecule has 1 atom stereocenters. The van der Waals surface area contributed by atoms with E-state index >= 15 is 0 Å². The summed E-state index contributed by atoms with van der Waals surface area (Å²) < 4.78 is 0. The lowest BCUT2D eigenvalue weighted by molar-refractivity contribution is 0.0950. The number of allylic oxidation sites excluding steroid dienone is 1. The maximum Gasteiger partial charge on any atom is 0.271 e. The molecule has 1 aliphatic rings. The summed E-state index contributed by atoms with van der Waals surface area (Å²) in [6, 6.07) is 3.91. The first kappa shape index (κ1) is 12.5. The van der Waals surface area contributed by atoms with Gasteiger partial charge in [-0.2, -0.15) is 0 Å². The summed E-state index contributed by atoms with van der Waals surface area (Å²) in [5.41, 5.74) is 0.353. The van der Waals surface area contributed by atoms with E-state index in [4.69, 9.17) is 0 Å². The molecule has 96 valence electrons. The largest absolute Gasteiger partial charge is 0.366 e. The molecular weight excluding hydrogens is 228 g/mol. The molecule has 1 aromatic heterocycles. The van der Waals surface area contributed by atoms with Crippen LogP contribution in [0.3, 0.4) is 0 Å². The SMILES string of the molecule is CCNC(=O)c1ccc(NC2CC=CCC2)nn1. The van der Waals surface area contributed by atoms with E-state index in [2.05, 4.69) is 33.0 Å². The van der Waals surface area contributed by atoms with Crippen LogP contribution < -0.4 is 10.6 Å². The number of carbonyl (C=O) groups excluding carboxylic acids is 1. The van der Waals surface area contributed by atoms with Gasteiger partial charge >= 0.3 is 0 Å². The van der Waals surface area contributed by atoms with E-state index in [0.29, 0.717) is 18.3 Å². The molecule has 0 radical (unpaired) electrons. The molecule has 0 saturated heterocycles. The fourth-order valence-electron chi connectivity index (χ4n) is 1.92. The second-order valence-electron chi connectivity index (χ2n) is 4.29. The molecule has 0 bridgehead atoms. The van der Waals surface area contributed by atoms with Crippen molar-refractivity contribution in [1.29, 1.82) is 0 Å². The molecule has 1 aromatic rings. The minimum Gasteiger partial charge on any atom is -0.366 e. The average molecular weight is 246 g/mol. The number of nitrogens with one attached hydrogen (secondary N) is 2. The van der Waals surface area contributed by atoms with Crippen LogP contribution in [0.25, 0.3) is 0 Å². The lowest BCUT2D eigenvalue weighted by atomic mass is 10.0. The Bertz CT molecular complexity index is 427. The quantitative estimate of drug-likeness (QED) is 0.794. The van der Waals surface area contributed by atoms with Gasteiger partial charge in [-0.05, 0) is 38.3 Å². The molecule has 1 amide bonds. The highest BCUT2D eigenvalue weighted by atomic mass is 16.1. The summed E-state index contributed by atoms with van der Waals surface area (Å²) in [7, 11) is 0. The van der Waals surface area contributed by atoms with E-state index in [9.17, 15) is 4.79 Å². The third-order valence-corrected chi connectivity index (χ3v) is 2.86. The maximum absolute atomic E-state index is 11.5. The topological polar surface area (TPSA) is 66.9 Å². The van der Waals surface area contributed by atoms with E-state index in [1.165, 1.54) is 0 Å². The van der Waals surface area contributed by atoms with Crippen LogP contribution in [0.15, 0.2) is 24.3 Å². The van der Waals surface area contributed by atoms with Gasteiger partial charge in [-0.25, -0.2) is 0 Å². The van der Waals surface area contributed by atoms with Gasteiger partial charge < -0.3 is 10.6 Å². The summed E-state index contributed by atoms with van der Waals surface area (Å²) in [6.45, 7) is 2.47. The first-order valence-corrected chi connectivity index (χ1v) is 6.33. The number of anilines is 1. The minimum atomic E-state index is -0.183. The van der Waals surface area contributed by atoms with Crippen molar-refractivity contribution in [1.82, 2.24) is 15.5 Å². The number of aromatic nitrogens is 2. The molecule has 2 rings (SSSR count). The second-order valence-corrected chi connectivity index (χ2v) is 4.29. The van der Waals surface area contributed by atoms with E-state index in [0.717, 1.165) is 25.1 Å². The molecular formula is C13H18N4O. The Morgan fingerprint density at radius 1 is 1.39 bits per heavy atom. The monoisotopic (exact) mass is 246 g/mol. The molecule has 5 heteroatoms. The van der Waals surface area contributed by atoms with Crippen LogP contribution in [0.4, 0.5) is 5.82 Å².